The first-order valence-electron chi connectivity index (χ1n) is 10.8. The van der Waals surface area contributed by atoms with Crippen molar-refractivity contribution < 1.29 is 19.3 Å². The molecular weight excluding hydrogens is 392 g/mol. The topological polar surface area (TPSA) is 64.1 Å². The van der Waals surface area contributed by atoms with E-state index in [4.69, 9.17) is 14.2 Å². The molecule has 2 heterocycles. The van der Waals surface area contributed by atoms with Crippen LogP contribution in [-0.2, 0) is 17.9 Å². The first kappa shape index (κ1) is 21.6. The van der Waals surface area contributed by atoms with Crippen LogP contribution in [0.5, 0.6) is 11.5 Å². The lowest BCUT2D eigenvalue weighted by molar-refractivity contribution is -0.0269. The molecule has 2 aromatic carbocycles. The van der Waals surface area contributed by atoms with E-state index in [1.807, 2.05) is 43.5 Å². The molecule has 0 spiro atoms. The smallest absolute Gasteiger partial charge is 0.127 e. The molecule has 2 atom stereocenters. The summed E-state index contributed by atoms with van der Waals surface area (Å²) >= 11 is 0. The van der Waals surface area contributed by atoms with Gasteiger partial charge in [0.05, 0.1) is 13.7 Å². The first-order valence-corrected chi connectivity index (χ1v) is 10.8. The zero-order chi connectivity index (χ0) is 21.6. The van der Waals surface area contributed by atoms with Crippen molar-refractivity contribution in [2.75, 3.05) is 26.8 Å². The molecule has 1 N–H and O–H groups in total. The second-order valence-corrected chi connectivity index (χ2v) is 7.88. The average molecular weight is 423 g/mol. The Morgan fingerprint density at radius 2 is 2.06 bits per heavy atom. The maximum absolute atomic E-state index is 10.8. The van der Waals surface area contributed by atoms with Crippen LogP contribution in [0.2, 0.25) is 0 Å². The maximum atomic E-state index is 10.8. The van der Waals surface area contributed by atoms with Crippen molar-refractivity contribution in [3.8, 4) is 11.5 Å². The Labute approximate surface area is 183 Å². The number of benzene rings is 2. The molecule has 1 aliphatic rings. The molecule has 0 unspecified atom stereocenters. The van der Waals surface area contributed by atoms with Gasteiger partial charge in [-0.1, -0.05) is 18.2 Å². The number of hydrogen-bond acceptors (Lipinski definition) is 6. The van der Waals surface area contributed by atoms with Gasteiger partial charge in [-0.2, -0.15) is 0 Å². The number of rotatable bonds is 8. The molecule has 1 saturated heterocycles. The molecule has 1 fully saturated rings. The SMILES string of the molecule is CCOCc1cc(CN2CC[C@@H](Oc3cccc4cnccc34)[C@H](O)C2)ccc1OC. The van der Waals surface area contributed by atoms with E-state index in [0.29, 0.717) is 19.8 Å². The normalized spacial score (nSPS) is 19.5. The number of β-amino-alcohol motifs (C(OH)–C–C–N with tert-alkyl or cyclic N) is 1. The first-order chi connectivity index (χ1) is 15.2. The van der Waals surface area contributed by atoms with Gasteiger partial charge in [-0.3, -0.25) is 9.88 Å². The monoisotopic (exact) mass is 422 g/mol. The van der Waals surface area contributed by atoms with Gasteiger partial charge in [0.2, 0.25) is 0 Å². The number of likely N-dealkylation sites (tertiary alicyclic amines) is 1. The van der Waals surface area contributed by atoms with E-state index in [2.05, 4.69) is 22.0 Å². The Bertz CT molecular complexity index is 1000. The fourth-order valence-electron chi connectivity index (χ4n) is 4.13. The number of methoxy groups -OCH3 is 1. The van der Waals surface area contributed by atoms with Crippen molar-refractivity contribution in [1.82, 2.24) is 9.88 Å². The van der Waals surface area contributed by atoms with Gasteiger partial charge in [0.15, 0.2) is 0 Å². The van der Waals surface area contributed by atoms with Gasteiger partial charge in [0.1, 0.15) is 23.7 Å². The Morgan fingerprint density at radius 1 is 1.16 bits per heavy atom. The third-order valence-electron chi connectivity index (χ3n) is 5.74. The molecular formula is C25H30N2O4. The maximum Gasteiger partial charge on any atom is 0.127 e. The summed E-state index contributed by atoms with van der Waals surface area (Å²) in [4.78, 5) is 6.44. The highest BCUT2D eigenvalue weighted by Gasteiger charge is 2.29. The van der Waals surface area contributed by atoms with Crippen LogP contribution in [0.1, 0.15) is 24.5 Å². The van der Waals surface area contributed by atoms with Gasteiger partial charge in [-0.05, 0) is 43.2 Å². The van der Waals surface area contributed by atoms with Crippen LogP contribution in [0.3, 0.4) is 0 Å². The molecule has 0 amide bonds. The van der Waals surface area contributed by atoms with Gasteiger partial charge in [0.25, 0.3) is 0 Å². The summed E-state index contributed by atoms with van der Waals surface area (Å²) in [5.41, 5.74) is 2.23. The zero-order valence-electron chi connectivity index (χ0n) is 18.2. The van der Waals surface area contributed by atoms with Gasteiger partial charge in [0, 0.05) is 55.0 Å². The quantitative estimate of drug-likeness (QED) is 0.596. The highest BCUT2D eigenvalue weighted by molar-refractivity contribution is 5.87. The molecule has 4 rings (SSSR count). The Kier molecular flexibility index (Phi) is 7.02. The summed E-state index contributed by atoms with van der Waals surface area (Å²) < 4.78 is 17.3. The summed E-state index contributed by atoms with van der Waals surface area (Å²) in [6.45, 7) is 5.39. The summed E-state index contributed by atoms with van der Waals surface area (Å²) in [6.07, 6.45) is 3.59. The summed E-state index contributed by atoms with van der Waals surface area (Å²) in [7, 11) is 1.68. The molecule has 0 radical (unpaired) electrons. The number of fused-ring (bicyclic) bond motifs is 1. The average Bonchev–Trinajstić information content (AvgIpc) is 2.80. The molecule has 6 heteroatoms. The highest BCUT2D eigenvalue weighted by atomic mass is 16.5. The van der Waals surface area contributed by atoms with Crippen LogP contribution >= 0.6 is 0 Å². The van der Waals surface area contributed by atoms with Gasteiger partial charge in [-0.25, -0.2) is 0 Å². The lowest BCUT2D eigenvalue weighted by Crippen LogP contribution is -2.48. The number of pyridine rings is 1. The molecule has 0 saturated carbocycles. The number of hydrogen-bond donors (Lipinski definition) is 1. The number of piperidine rings is 1. The number of aliphatic hydroxyl groups is 1. The van der Waals surface area contributed by atoms with E-state index in [-0.39, 0.29) is 6.10 Å². The lowest BCUT2D eigenvalue weighted by Gasteiger charge is -2.36. The predicted molar refractivity (Wildman–Crippen MR) is 120 cm³/mol. The van der Waals surface area contributed by atoms with E-state index in [1.54, 1.807) is 13.3 Å². The molecule has 31 heavy (non-hydrogen) atoms. The van der Waals surface area contributed by atoms with E-state index >= 15 is 0 Å². The molecule has 6 nitrogen and oxygen atoms in total. The zero-order valence-corrected chi connectivity index (χ0v) is 18.2. The molecule has 3 aromatic rings. The molecule has 0 aliphatic carbocycles. The van der Waals surface area contributed by atoms with Crippen LogP contribution in [0.4, 0.5) is 0 Å². The Morgan fingerprint density at radius 3 is 2.87 bits per heavy atom. The number of ether oxygens (including phenoxy) is 3. The highest BCUT2D eigenvalue weighted by Crippen LogP contribution is 2.28. The van der Waals surface area contributed by atoms with Crippen molar-refractivity contribution in [1.29, 1.82) is 0 Å². The van der Waals surface area contributed by atoms with Crippen molar-refractivity contribution in [3.63, 3.8) is 0 Å². The van der Waals surface area contributed by atoms with Crippen LogP contribution in [0.15, 0.2) is 54.9 Å². The third-order valence-corrected chi connectivity index (χ3v) is 5.74. The summed E-state index contributed by atoms with van der Waals surface area (Å²) in [5.74, 6) is 1.64. The van der Waals surface area contributed by atoms with Crippen molar-refractivity contribution >= 4 is 10.8 Å². The molecule has 1 aromatic heterocycles. The predicted octanol–water partition coefficient (Wildman–Crippen LogP) is 3.79. The minimum absolute atomic E-state index is 0.223. The van der Waals surface area contributed by atoms with E-state index in [1.165, 1.54) is 5.56 Å². The standard InChI is InChI=1S/C25H30N2O4/c1-3-30-17-20-13-18(7-8-23(20)29-2)15-27-12-10-25(22(28)16-27)31-24-6-4-5-19-14-26-11-9-21(19)24/h4-9,11,13-14,22,25,28H,3,10,12,15-17H2,1-2H3/t22-,25-/m1/s1. The molecule has 0 bridgehead atoms. The molecule has 164 valence electrons. The molecule has 1 aliphatic heterocycles. The summed E-state index contributed by atoms with van der Waals surface area (Å²) in [5, 5.41) is 12.8. The van der Waals surface area contributed by atoms with Crippen LogP contribution in [0.25, 0.3) is 10.8 Å². The van der Waals surface area contributed by atoms with E-state index in [0.717, 1.165) is 47.3 Å². The fraction of sp³-hybridized carbons (Fsp3) is 0.400. The van der Waals surface area contributed by atoms with Gasteiger partial charge in [-0.15, -0.1) is 0 Å². The summed E-state index contributed by atoms with van der Waals surface area (Å²) in [6, 6.07) is 14.1. The van der Waals surface area contributed by atoms with E-state index in [9.17, 15) is 5.11 Å². The Hall–Kier alpha value is -2.67. The number of aliphatic hydroxyl groups excluding tert-OH is 1. The van der Waals surface area contributed by atoms with Crippen LogP contribution in [-0.4, -0.2) is 54.0 Å². The second-order valence-electron chi connectivity index (χ2n) is 7.88. The van der Waals surface area contributed by atoms with Crippen LogP contribution in [0, 0.1) is 0 Å². The lowest BCUT2D eigenvalue weighted by atomic mass is 10.0. The number of aromatic nitrogens is 1. The minimum atomic E-state index is -0.549. The van der Waals surface area contributed by atoms with E-state index < -0.39 is 6.10 Å². The third kappa shape index (κ3) is 5.15. The second kappa shape index (κ2) is 10.1. The fourth-order valence-corrected chi connectivity index (χ4v) is 4.13. The van der Waals surface area contributed by atoms with Gasteiger partial charge < -0.3 is 19.3 Å². The van der Waals surface area contributed by atoms with Gasteiger partial charge >= 0.3 is 0 Å². The Balaban J connectivity index is 1.39. The van der Waals surface area contributed by atoms with Crippen molar-refractivity contribution in [2.24, 2.45) is 0 Å². The van der Waals surface area contributed by atoms with Crippen molar-refractivity contribution in [2.45, 2.75) is 38.7 Å². The largest absolute Gasteiger partial charge is 0.496 e. The van der Waals surface area contributed by atoms with Crippen molar-refractivity contribution in [3.05, 3.63) is 66.0 Å². The van der Waals surface area contributed by atoms with Crippen LogP contribution < -0.4 is 9.47 Å². The number of nitrogens with zero attached hydrogens (tertiary/aromatic N) is 2. The minimum Gasteiger partial charge on any atom is -0.496 e.